The van der Waals surface area contributed by atoms with Crippen LogP contribution in [-0.4, -0.2) is 33.9 Å². The topological polar surface area (TPSA) is 58.1 Å². The maximum absolute atomic E-state index is 14.0. The molecule has 1 N–H and O–H groups in total. The minimum absolute atomic E-state index is 0.244. The summed E-state index contributed by atoms with van der Waals surface area (Å²) >= 11 is 7.43. The number of hydrogen-bond acceptors (Lipinski definition) is 5. The summed E-state index contributed by atoms with van der Waals surface area (Å²) in [5.41, 5.74) is 2.09. The Hall–Kier alpha value is -1.57. The largest absolute Gasteiger partial charge is 0.302 e. The van der Waals surface area contributed by atoms with E-state index >= 15 is 0 Å². The second-order valence-electron chi connectivity index (χ2n) is 6.43. The van der Waals surface area contributed by atoms with E-state index in [0.717, 1.165) is 37.2 Å². The minimum Gasteiger partial charge on any atom is -0.302 e. The molecule has 1 amide bonds. The molecule has 0 radical (unpaired) electrons. The van der Waals surface area contributed by atoms with Gasteiger partial charge < -0.3 is 5.32 Å². The van der Waals surface area contributed by atoms with Crippen LogP contribution in [0, 0.1) is 18.8 Å². The Balaban J connectivity index is 1.59. The third kappa shape index (κ3) is 4.74. The molecular weight excluding hydrogens is 363 g/mol. The third-order valence-corrected chi connectivity index (χ3v) is 5.52. The van der Waals surface area contributed by atoms with Crippen LogP contribution in [0.1, 0.15) is 29.5 Å². The van der Waals surface area contributed by atoms with Crippen molar-refractivity contribution in [2.45, 2.75) is 33.2 Å². The number of rotatable bonds is 5. The van der Waals surface area contributed by atoms with Gasteiger partial charge in [-0.05, 0) is 43.9 Å². The lowest BCUT2D eigenvalue weighted by atomic mass is 9.99. The fourth-order valence-corrected chi connectivity index (χ4v) is 4.24. The summed E-state index contributed by atoms with van der Waals surface area (Å²) in [6, 6.07) is 2.04. The van der Waals surface area contributed by atoms with Gasteiger partial charge in [0, 0.05) is 31.9 Å². The second-order valence-corrected chi connectivity index (χ2v) is 7.92. The van der Waals surface area contributed by atoms with Crippen molar-refractivity contribution < 1.29 is 9.18 Å². The zero-order valence-corrected chi connectivity index (χ0v) is 15.8. The fourth-order valence-electron chi connectivity index (χ4n) is 3.13. The fraction of sp³-hybridized carbons (Fsp3) is 0.471. The van der Waals surface area contributed by atoms with Gasteiger partial charge in [0.2, 0.25) is 11.9 Å². The first-order chi connectivity index (χ1) is 11.9. The molecule has 0 bridgehead atoms. The maximum atomic E-state index is 14.0. The second kappa shape index (κ2) is 7.76. The van der Waals surface area contributed by atoms with Crippen molar-refractivity contribution >= 4 is 34.0 Å². The number of hydrogen-bond donors (Lipinski definition) is 1. The third-order valence-electron chi connectivity index (χ3n) is 4.25. The Morgan fingerprint density at radius 1 is 1.56 bits per heavy atom. The molecular formula is C17H20ClFN4OS. The van der Waals surface area contributed by atoms with Crippen LogP contribution < -0.4 is 5.32 Å². The van der Waals surface area contributed by atoms with Gasteiger partial charge >= 0.3 is 0 Å². The average Bonchev–Trinajstić information content (AvgIpc) is 3.10. The predicted octanol–water partition coefficient (Wildman–Crippen LogP) is 3.66. The van der Waals surface area contributed by atoms with E-state index in [1.54, 1.807) is 6.20 Å². The summed E-state index contributed by atoms with van der Waals surface area (Å²) in [6.45, 7) is 5.67. The summed E-state index contributed by atoms with van der Waals surface area (Å²) in [5, 5.41) is 3.55. The van der Waals surface area contributed by atoms with Crippen LogP contribution in [0.15, 0.2) is 12.3 Å². The van der Waals surface area contributed by atoms with Crippen LogP contribution in [0.2, 0.25) is 5.02 Å². The number of nitrogens with zero attached hydrogens (tertiary/aromatic N) is 3. The number of nitrogens with one attached hydrogen (secondary N) is 1. The lowest BCUT2D eigenvalue weighted by Crippen LogP contribution is -2.20. The Bertz CT molecular complexity index is 782. The Morgan fingerprint density at radius 2 is 2.36 bits per heavy atom. The Morgan fingerprint density at radius 3 is 3.12 bits per heavy atom. The summed E-state index contributed by atoms with van der Waals surface area (Å²) in [5.74, 6) is -0.249. The van der Waals surface area contributed by atoms with Crippen LogP contribution in [0.3, 0.4) is 0 Å². The van der Waals surface area contributed by atoms with Crippen molar-refractivity contribution in [2.75, 3.05) is 18.4 Å². The predicted molar refractivity (Wildman–Crippen MR) is 97.4 cm³/mol. The van der Waals surface area contributed by atoms with E-state index in [1.807, 2.05) is 13.0 Å². The molecule has 3 rings (SSSR count). The van der Waals surface area contributed by atoms with Gasteiger partial charge in [0.25, 0.3) is 0 Å². The van der Waals surface area contributed by atoms with E-state index < -0.39 is 5.95 Å². The number of pyridine rings is 1. The first-order valence-electron chi connectivity index (χ1n) is 8.17. The van der Waals surface area contributed by atoms with Gasteiger partial charge in [-0.1, -0.05) is 22.9 Å². The molecule has 5 nitrogen and oxygen atoms in total. The number of aryl methyl sites for hydroxylation is 1. The lowest BCUT2D eigenvalue weighted by Gasteiger charge is -2.15. The SMILES string of the molecule is CC(=O)Nc1nc(F)c(CN2CC[C@H](Cc3cc(C)ncc3Cl)C2)s1. The molecule has 0 unspecified atom stereocenters. The van der Waals surface area contributed by atoms with Crippen LogP contribution in [0.5, 0.6) is 0 Å². The zero-order valence-electron chi connectivity index (χ0n) is 14.2. The molecule has 1 aliphatic heterocycles. The number of likely N-dealkylation sites (tertiary alicyclic amines) is 1. The number of carbonyl (C=O) groups is 1. The van der Waals surface area contributed by atoms with Gasteiger partial charge in [-0.25, -0.2) is 0 Å². The van der Waals surface area contributed by atoms with Crippen LogP contribution >= 0.6 is 22.9 Å². The monoisotopic (exact) mass is 382 g/mol. The van der Waals surface area contributed by atoms with Crippen molar-refractivity contribution in [3.05, 3.63) is 39.4 Å². The van der Waals surface area contributed by atoms with E-state index in [4.69, 9.17) is 11.6 Å². The quantitative estimate of drug-likeness (QED) is 0.857. The maximum Gasteiger partial charge on any atom is 0.230 e. The highest BCUT2D eigenvalue weighted by molar-refractivity contribution is 7.15. The average molecular weight is 383 g/mol. The molecule has 3 heterocycles. The first-order valence-corrected chi connectivity index (χ1v) is 9.36. The van der Waals surface area contributed by atoms with Crippen LogP contribution in [0.4, 0.5) is 9.52 Å². The standard InChI is InChI=1S/C17H20ClFN4OS/c1-10-5-13(14(18)7-20-10)6-12-3-4-23(8-12)9-15-16(19)22-17(25-15)21-11(2)24/h5,7,12H,3-4,6,8-9H2,1-2H3,(H,21,22,24)/t12-/m1/s1. The molecule has 0 spiro atoms. The van der Waals surface area contributed by atoms with Crippen molar-refractivity contribution in [3.63, 3.8) is 0 Å². The molecule has 1 saturated heterocycles. The summed E-state index contributed by atoms with van der Waals surface area (Å²) in [6.07, 6.45) is 3.66. The molecule has 0 aliphatic carbocycles. The van der Waals surface area contributed by atoms with E-state index in [1.165, 1.54) is 18.3 Å². The van der Waals surface area contributed by atoms with Crippen LogP contribution in [-0.2, 0) is 17.8 Å². The molecule has 1 fully saturated rings. The molecule has 134 valence electrons. The van der Waals surface area contributed by atoms with Gasteiger partial charge in [0.15, 0.2) is 5.13 Å². The molecule has 0 aromatic carbocycles. The van der Waals surface area contributed by atoms with Crippen molar-refractivity contribution in [3.8, 4) is 0 Å². The number of anilines is 1. The normalized spacial score (nSPS) is 17.8. The number of carbonyl (C=O) groups excluding carboxylic acids is 1. The lowest BCUT2D eigenvalue weighted by molar-refractivity contribution is -0.114. The number of aromatic nitrogens is 2. The highest BCUT2D eigenvalue weighted by Gasteiger charge is 2.25. The molecule has 0 saturated carbocycles. The molecule has 2 aromatic heterocycles. The van der Waals surface area contributed by atoms with E-state index in [0.29, 0.717) is 27.5 Å². The Labute approximate surface area is 155 Å². The number of thiazole rings is 1. The van der Waals surface area contributed by atoms with Crippen LogP contribution in [0.25, 0.3) is 0 Å². The van der Waals surface area contributed by atoms with Crippen molar-refractivity contribution in [1.29, 1.82) is 0 Å². The van der Waals surface area contributed by atoms with E-state index in [9.17, 15) is 9.18 Å². The summed E-state index contributed by atoms with van der Waals surface area (Å²) in [4.78, 5) is 21.8. The van der Waals surface area contributed by atoms with E-state index in [2.05, 4.69) is 20.2 Å². The summed E-state index contributed by atoms with van der Waals surface area (Å²) < 4.78 is 14.0. The summed E-state index contributed by atoms with van der Waals surface area (Å²) in [7, 11) is 0. The smallest absolute Gasteiger partial charge is 0.230 e. The zero-order chi connectivity index (χ0) is 18.0. The van der Waals surface area contributed by atoms with Gasteiger partial charge in [0.05, 0.1) is 9.90 Å². The Kier molecular flexibility index (Phi) is 5.66. The highest BCUT2D eigenvalue weighted by Crippen LogP contribution is 2.28. The van der Waals surface area contributed by atoms with Crippen molar-refractivity contribution in [1.82, 2.24) is 14.9 Å². The highest BCUT2D eigenvalue weighted by atomic mass is 35.5. The van der Waals surface area contributed by atoms with Gasteiger partial charge in [0.1, 0.15) is 0 Å². The number of halogens is 2. The molecule has 1 aliphatic rings. The number of amides is 1. The molecule has 25 heavy (non-hydrogen) atoms. The molecule has 8 heteroatoms. The molecule has 1 atom stereocenters. The first kappa shape index (κ1) is 18.2. The van der Waals surface area contributed by atoms with E-state index in [-0.39, 0.29) is 5.91 Å². The van der Waals surface area contributed by atoms with Gasteiger partial charge in [-0.3, -0.25) is 14.7 Å². The van der Waals surface area contributed by atoms with Gasteiger partial charge in [-0.15, -0.1) is 0 Å². The minimum atomic E-state index is -0.495. The van der Waals surface area contributed by atoms with Crippen molar-refractivity contribution in [2.24, 2.45) is 5.92 Å². The van der Waals surface area contributed by atoms with Gasteiger partial charge in [-0.2, -0.15) is 9.37 Å². The molecule has 2 aromatic rings.